The van der Waals surface area contributed by atoms with Gasteiger partial charge >= 0.3 is 0 Å². The number of nitrogens with zero attached hydrogens (tertiary/aromatic N) is 1. The molecule has 1 fully saturated rings. The molecular weight excluding hydrogens is 231 g/mol. The van der Waals surface area contributed by atoms with Crippen LogP contribution < -0.4 is 5.73 Å². The summed E-state index contributed by atoms with van der Waals surface area (Å²) in [6.07, 6.45) is 0.700. The molecule has 1 saturated heterocycles. The van der Waals surface area contributed by atoms with E-state index >= 15 is 0 Å². The van der Waals surface area contributed by atoms with Gasteiger partial charge in [-0.3, -0.25) is 4.90 Å². The van der Waals surface area contributed by atoms with Crippen LogP contribution in [0.15, 0.2) is 18.2 Å². The Bertz CT molecular complexity index is 409. The average molecular weight is 252 g/mol. The molecule has 0 radical (unpaired) electrons. The quantitative estimate of drug-likeness (QED) is 0.853. The van der Waals surface area contributed by atoms with Gasteiger partial charge in [0.15, 0.2) is 0 Å². The minimum Gasteiger partial charge on any atom is -0.393 e. The second-order valence-electron chi connectivity index (χ2n) is 5.15. The van der Waals surface area contributed by atoms with Gasteiger partial charge in [0.05, 0.1) is 6.10 Å². The largest absolute Gasteiger partial charge is 0.393 e. The van der Waals surface area contributed by atoms with Crippen LogP contribution in [0.5, 0.6) is 0 Å². The normalized spacial score (nSPS) is 22.3. The van der Waals surface area contributed by atoms with E-state index in [9.17, 15) is 9.50 Å². The summed E-state index contributed by atoms with van der Waals surface area (Å²) in [6.45, 7) is 4.61. The van der Waals surface area contributed by atoms with Crippen molar-refractivity contribution in [1.82, 2.24) is 4.90 Å². The SMILES string of the molecule is CC(O)C1CCN(Cc2cc(CN)ccc2F)C1. The fourth-order valence-corrected chi connectivity index (χ4v) is 2.52. The fourth-order valence-electron chi connectivity index (χ4n) is 2.52. The van der Waals surface area contributed by atoms with Crippen molar-refractivity contribution >= 4 is 0 Å². The van der Waals surface area contributed by atoms with Crippen molar-refractivity contribution < 1.29 is 9.50 Å². The predicted octanol–water partition coefficient (Wildman–Crippen LogP) is 1.49. The second-order valence-corrected chi connectivity index (χ2v) is 5.15. The molecule has 0 amide bonds. The van der Waals surface area contributed by atoms with Crippen LogP contribution in [-0.4, -0.2) is 29.2 Å². The highest BCUT2D eigenvalue weighted by Gasteiger charge is 2.26. The van der Waals surface area contributed by atoms with Gasteiger partial charge in [0.25, 0.3) is 0 Å². The Kier molecular flexibility index (Phi) is 4.32. The molecule has 0 aromatic heterocycles. The lowest BCUT2D eigenvalue weighted by molar-refractivity contribution is 0.127. The van der Waals surface area contributed by atoms with Crippen LogP contribution in [0.4, 0.5) is 4.39 Å². The van der Waals surface area contributed by atoms with Crippen LogP contribution in [0, 0.1) is 11.7 Å². The molecule has 0 bridgehead atoms. The molecule has 1 heterocycles. The van der Waals surface area contributed by atoms with E-state index in [4.69, 9.17) is 5.73 Å². The molecule has 1 aliphatic heterocycles. The Morgan fingerprint density at radius 1 is 1.56 bits per heavy atom. The number of aliphatic hydroxyl groups is 1. The van der Waals surface area contributed by atoms with Crippen molar-refractivity contribution in [3.63, 3.8) is 0 Å². The molecule has 2 rings (SSSR count). The van der Waals surface area contributed by atoms with E-state index < -0.39 is 0 Å². The monoisotopic (exact) mass is 252 g/mol. The maximum Gasteiger partial charge on any atom is 0.127 e. The standard InChI is InChI=1S/C14H21FN2O/c1-10(18)12-4-5-17(8-12)9-13-6-11(7-16)2-3-14(13)15/h2-3,6,10,12,18H,4-5,7-9,16H2,1H3. The van der Waals surface area contributed by atoms with Gasteiger partial charge in [-0.25, -0.2) is 4.39 Å². The van der Waals surface area contributed by atoms with Crippen LogP contribution in [0.3, 0.4) is 0 Å². The van der Waals surface area contributed by atoms with E-state index in [0.717, 1.165) is 25.1 Å². The molecule has 0 saturated carbocycles. The first kappa shape index (κ1) is 13.5. The number of halogens is 1. The third-order valence-electron chi connectivity index (χ3n) is 3.73. The van der Waals surface area contributed by atoms with Crippen LogP contribution >= 0.6 is 0 Å². The summed E-state index contributed by atoms with van der Waals surface area (Å²) in [5.74, 6) is 0.137. The number of nitrogens with two attached hydrogens (primary N) is 1. The van der Waals surface area contributed by atoms with Gasteiger partial charge in [-0.2, -0.15) is 0 Å². The number of aliphatic hydroxyl groups excluding tert-OH is 1. The summed E-state index contributed by atoms with van der Waals surface area (Å²) in [4.78, 5) is 2.19. The lowest BCUT2D eigenvalue weighted by Gasteiger charge is -2.18. The molecule has 0 aliphatic carbocycles. The molecule has 18 heavy (non-hydrogen) atoms. The number of benzene rings is 1. The summed E-state index contributed by atoms with van der Waals surface area (Å²) in [5.41, 5.74) is 7.22. The van der Waals surface area contributed by atoms with Crippen molar-refractivity contribution in [3.05, 3.63) is 35.1 Å². The molecule has 4 heteroatoms. The van der Waals surface area contributed by atoms with Crippen molar-refractivity contribution in [2.75, 3.05) is 13.1 Å². The minimum absolute atomic E-state index is 0.173. The van der Waals surface area contributed by atoms with Crippen LogP contribution in [0.1, 0.15) is 24.5 Å². The maximum atomic E-state index is 13.7. The van der Waals surface area contributed by atoms with E-state index in [-0.39, 0.29) is 11.9 Å². The molecule has 2 unspecified atom stereocenters. The van der Waals surface area contributed by atoms with Gasteiger partial charge in [0.1, 0.15) is 5.82 Å². The van der Waals surface area contributed by atoms with Crippen LogP contribution in [0.2, 0.25) is 0 Å². The predicted molar refractivity (Wildman–Crippen MR) is 69.4 cm³/mol. The first-order valence-corrected chi connectivity index (χ1v) is 6.48. The molecule has 3 N–H and O–H groups in total. The highest BCUT2D eigenvalue weighted by molar-refractivity contribution is 5.25. The average Bonchev–Trinajstić information content (AvgIpc) is 2.81. The Morgan fingerprint density at radius 2 is 2.33 bits per heavy atom. The summed E-state index contributed by atoms with van der Waals surface area (Å²) in [6, 6.07) is 5.05. The first-order chi connectivity index (χ1) is 8.60. The van der Waals surface area contributed by atoms with Gasteiger partial charge in [-0.05, 0) is 37.4 Å². The van der Waals surface area contributed by atoms with Gasteiger partial charge in [-0.1, -0.05) is 12.1 Å². The first-order valence-electron chi connectivity index (χ1n) is 6.48. The van der Waals surface area contributed by atoms with Crippen LogP contribution in [0.25, 0.3) is 0 Å². The summed E-state index contributed by atoms with van der Waals surface area (Å²) in [5, 5.41) is 9.56. The lowest BCUT2D eigenvalue weighted by atomic mass is 10.0. The van der Waals surface area contributed by atoms with Gasteiger partial charge in [-0.15, -0.1) is 0 Å². The van der Waals surface area contributed by atoms with Gasteiger partial charge in [0, 0.05) is 25.2 Å². The van der Waals surface area contributed by atoms with Gasteiger partial charge < -0.3 is 10.8 Å². The topological polar surface area (TPSA) is 49.5 Å². The summed E-state index contributed by atoms with van der Waals surface area (Å²) >= 11 is 0. The van der Waals surface area contributed by atoms with E-state index in [2.05, 4.69) is 4.90 Å². The maximum absolute atomic E-state index is 13.7. The molecule has 1 aromatic carbocycles. The zero-order chi connectivity index (χ0) is 13.1. The van der Waals surface area contributed by atoms with E-state index in [1.165, 1.54) is 6.07 Å². The molecule has 3 nitrogen and oxygen atoms in total. The number of rotatable bonds is 4. The highest BCUT2D eigenvalue weighted by Crippen LogP contribution is 2.22. The third-order valence-corrected chi connectivity index (χ3v) is 3.73. The molecule has 2 atom stereocenters. The Morgan fingerprint density at radius 3 is 2.94 bits per heavy atom. The number of hydrogen-bond donors (Lipinski definition) is 2. The number of likely N-dealkylation sites (tertiary alicyclic amines) is 1. The summed E-state index contributed by atoms with van der Waals surface area (Å²) < 4.78 is 13.7. The highest BCUT2D eigenvalue weighted by atomic mass is 19.1. The van der Waals surface area contributed by atoms with Crippen LogP contribution in [-0.2, 0) is 13.1 Å². The van der Waals surface area contributed by atoms with Crippen molar-refractivity contribution in [1.29, 1.82) is 0 Å². The molecule has 1 aromatic rings. The van der Waals surface area contributed by atoms with Crippen molar-refractivity contribution in [2.45, 2.75) is 32.5 Å². The minimum atomic E-state index is -0.282. The Labute approximate surface area is 107 Å². The summed E-state index contributed by atoms with van der Waals surface area (Å²) in [7, 11) is 0. The zero-order valence-corrected chi connectivity index (χ0v) is 10.8. The lowest BCUT2D eigenvalue weighted by Crippen LogP contribution is -2.24. The van der Waals surface area contributed by atoms with Crippen molar-refractivity contribution in [3.8, 4) is 0 Å². The van der Waals surface area contributed by atoms with Crippen molar-refractivity contribution in [2.24, 2.45) is 11.7 Å². The second kappa shape index (κ2) is 5.78. The Balaban J connectivity index is 2.02. The zero-order valence-electron chi connectivity index (χ0n) is 10.8. The van der Waals surface area contributed by atoms with Gasteiger partial charge in [0.2, 0.25) is 0 Å². The molecule has 1 aliphatic rings. The number of hydrogen-bond acceptors (Lipinski definition) is 3. The molecule has 100 valence electrons. The van der Waals surface area contributed by atoms with E-state index in [1.807, 2.05) is 13.0 Å². The smallest absolute Gasteiger partial charge is 0.127 e. The fraction of sp³-hybridized carbons (Fsp3) is 0.571. The third kappa shape index (κ3) is 3.07. The van der Waals surface area contributed by atoms with E-state index in [1.54, 1.807) is 6.07 Å². The Hall–Kier alpha value is -0.970. The van der Waals surface area contributed by atoms with E-state index in [0.29, 0.717) is 24.6 Å². The molecule has 0 spiro atoms. The molecular formula is C14H21FN2O.